The third kappa shape index (κ3) is 4.24. The molecular formula is C22H23N3O5S. The van der Waals surface area contributed by atoms with Gasteiger partial charge in [-0.05, 0) is 38.0 Å². The van der Waals surface area contributed by atoms with E-state index in [2.05, 4.69) is 9.97 Å². The molecule has 1 aliphatic heterocycles. The van der Waals surface area contributed by atoms with Crippen LogP contribution in [-0.4, -0.2) is 53.6 Å². The van der Waals surface area contributed by atoms with Gasteiger partial charge < -0.3 is 9.72 Å². The standard InChI is InChI=1S/C22H23N3O5S/c1-15(21(26)19-14-24-20-7-3-2-6-18(19)20)30-22(27)16-8-11-25(12-9-16)31(28,29)17-5-4-10-23-13-17/h2-7,10,13-16,24H,8-9,11-12H2,1H3. The Bertz CT molecular complexity index is 1200. The minimum absolute atomic E-state index is 0.133. The number of carbonyl (C=O) groups is 2. The van der Waals surface area contributed by atoms with Crippen LogP contribution in [0.25, 0.3) is 10.9 Å². The molecule has 0 aliphatic carbocycles. The smallest absolute Gasteiger partial charge is 0.309 e. The van der Waals surface area contributed by atoms with Crippen molar-refractivity contribution in [1.82, 2.24) is 14.3 Å². The molecule has 0 bridgehead atoms. The Kier molecular flexibility index (Phi) is 5.88. The van der Waals surface area contributed by atoms with Crippen molar-refractivity contribution in [3.63, 3.8) is 0 Å². The predicted octanol–water partition coefficient (Wildman–Crippen LogP) is 2.78. The molecule has 0 amide bonds. The summed E-state index contributed by atoms with van der Waals surface area (Å²) < 4.78 is 32.2. The summed E-state index contributed by atoms with van der Waals surface area (Å²) in [6, 6.07) is 10.5. The summed E-state index contributed by atoms with van der Waals surface area (Å²) >= 11 is 0. The van der Waals surface area contributed by atoms with Crippen molar-refractivity contribution in [3.8, 4) is 0 Å². The number of ether oxygens (including phenoxy) is 1. The van der Waals surface area contributed by atoms with Crippen LogP contribution in [0.15, 0.2) is 59.9 Å². The van der Waals surface area contributed by atoms with Crippen molar-refractivity contribution in [2.75, 3.05) is 13.1 Å². The van der Waals surface area contributed by atoms with E-state index in [4.69, 9.17) is 4.74 Å². The lowest BCUT2D eigenvalue weighted by Crippen LogP contribution is -2.41. The number of hydrogen-bond donors (Lipinski definition) is 1. The van der Waals surface area contributed by atoms with Crippen LogP contribution in [0.2, 0.25) is 0 Å². The van der Waals surface area contributed by atoms with E-state index in [0.717, 1.165) is 10.9 Å². The van der Waals surface area contributed by atoms with Gasteiger partial charge in [0.05, 0.1) is 5.92 Å². The molecule has 9 heteroatoms. The van der Waals surface area contributed by atoms with Gasteiger partial charge in [-0.2, -0.15) is 4.31 Å². The molecular weight excluding hydrogens is 418 g/mol. The zero-order chi connectivity index (χ0) is 22.0. The molecule has 4 rings (SSSR count). The Hall–Kier alpha value is -3.04. The van der Waals surface area contributed by atoms with Gasteiger partial charge in [0, 0.05) is 48.1 Å². The second kappa shape index (κ2) is 8.60. The van der Waals surface area contributed by atoms with Crippen molar-refractivity contribution >= 4 is 32.7 Å². The zero-order valence-corrected chi connectivity index (χ0v) is 17.8. The molecule has 0 radical (unpaired) electrons. The number of hydrogen-bond acceptors (Lipinski definition) is 6. The largest absolute Gasteiger partial charge is 0.454 e. The number of Topliss-reactive ketones (excluding diaryl/α,β-unsaturated/α-hetero) is 1. The van der Waals surface area contributed by atoms with E-state index < -0.39 is 28.0 Å². The van der Waals surface area contributed by atoms with E-state index in [1.165, 1.54) is 22.8 Å². The molecule has 162 valence electrons. The summed E-state index contributed by atoms with van der Waals surface area (Å²) in [6.07, 6.45) is 4.20. The van der Waals surface area contributed by atoms with Gasteiger partial charge >= 0.3 is 5.97 Å². The first-order valence-corrected chi connectivity index (χ1v) is 11.5. The van der Waals surface area contributed by atoms with E-state index in [0.29, 0.717) is 18.4 Å². The lowest BCUT2D eigenvalue weighted by Gasteiger charge is -2.30. The summed E-state index contributed by atoms with van der Waals surface area (Å²) in [5.74, 6) is -1.19. The zero-order valence-electron chi connectivity index (χ0n) is 17.0. The Balaban J connectivity index is 1.36. The second-order valence-corrected chi connectivity index (χ2v) is 9.50. The average molecular weight is 442 g/mol. The van der Waals surface area contributed by atoms with E-state index in [1.54, 1.807) is 19.2 Å². The number of sulfonamides is 1. The van der Waals surface area contributed by atoms with Crippen molar-refractivity contribution in [3.05, 3.63) is 60.6 Å². The van der Waals surface area contributed by atoms with Gasteiger partial charge in [-0.1, -0.05) is 18.2 Å². The maximum absolute atomic E-state index is 12.8. The predicted molar refractivity (Wildman–Crippen MR) is 114 cm³/mol. The minimum Gasteiger partial charge on any atom is -0.454 e. The third-order valence-electron chi connectivity index (χ3n) is 5.58. The molecule has 3 aromatic rings. The Morgan fingerprint density at radius 1 is 1.16 bits per heavy atom. The number of para-hydroxylation sites is 1. The first-order chi connectivity index (χ1) is 14.9. The SMILES string of the molecule is CC(OC(=O)C1CCN(S(=O)(=O)c2cccnc2)CC1)C(=O)c1c[nH]c2ccccc12. The average Bonchev–Trinajstić information content (AvgIpc) is 3.23. The van der Waals surface area contributed by atoms with Crippen LogP contribution in [0, 0.1) is 5.92 Å². The van der Waals surface area contributed by atoms with E-state index in [-0.39, 0.29) is 23.8 Å². The van der Waals surface area contributed by atoms with Crippen LogP contribution in [0.1, 0.15) is 30.1 Å². The number of pyridine rings is 1. The fraction of sp³-hybridized carbons (Fsp3) is 0.318. The fourth-order valence-corrected chi connectivity index (χ4v) is 5.23. The number of esters is 1. The van der Waals surface area contributed by atoms with Crippen LogP contribution in [0.4, 0.5) is 0 Å². The molecule has 31 heavy (non-hydrogen) atoms. The highest BCUT2D eigenvalue weighted by Gasteiger charge is 2.34. The molecule has 0 saturated carbocycles. The number of piperidine rings is 1. The number of carbonyl (C=O) groups excluding carboxylic acids is 2. The maximum atomic E-state index is 12.8. The molecule has 8 nitrogen and oxygen atoms in total. The normalized spacial score (nSPS) is 16.8. The van der Waals surface area contributed by atoms with Crippen molar-refractivity contribution in [1.29, 1.82) is 0 Å². The minimum atomic E-state index is -3.64. The van der Waals surface area contributed by atoms with Crippen molar-refractivity contribution < 1.29 is 22.7 Å². The number of H-pyrrole nitrogens is 1. The fourth-order valence-electron chi connectivity index (χ4n) is 3.80. The summed E-state index contributed by atoms with van der Waals surface area (Å²) in [7, 11) is -3.64. The summed E-state index contributed by atoms with van der Waals surface area (Å²) in [5.41, 5.74) is 1.32. The van der Waals surface area contributed by atoms with Gasteiger partial charge in [0.2, 0.25) is 15.8 Å². The summed E-state index contributed by atoms with van der Waals surface area (Å²) in [5, 5.41) is 0.782. The third-order valence-corrected chi connectivity index (χ3v) is 7.46. The molecule has 1 aromatic carbocycles. The second-order valence-electron chi connectivity index (χ2n) is 7.56. The number of aromatic amines is 1. The Labute approximate surface area is 180 Å². The molecule has 1 N–H and O–H groups in total. The molecule has 3 heterocycles. The Morgan fingerprint density at radius 3 is 2.61 bits per heavy atom. The van der Waals surface area contributed by atoms with Gasteiger partial charge in [-0.15, -0.1) is 0 Å². The van der Waals surface area contributed by atoms with E-state index in [1.807, 2.05) is 24.3 Å². The maximum Gasteiger partial charge on any atom is 0.309 e. The first kappa shape index (κ1) is 21.2. The molecule has 2 aromatic heterocycles. The van der Waals surface area contributed by atoms with E-state index in [9.17, 15) is 18.0 Å². The van der Waals surface area contributed by atoms with Gasteiger partial charge in [-0.25, -0.2) is 8.42 Å². The lowest BCUT2D eigenvalue weighted by molar-refractivity contribution is -0.152. The van der Waals surface area contributed by atoms with Crippen LogP contribution < -0.4 is 0 Å². The van der Waals surface area contributed by atoms with Crippen LogP contribution >= 0.6 is 0 Å². The van der Waals surface area contributed by atoms with Crippen LogP contribution in [0.5, 0.6) is 0 Å². The lowest BCUT2D eigenvalue weighted by atomic mass is 9.98. The first-order valence-electron chi connectivity index (χ1n) is 10.1. The topological polar surface area (TPSA) is 109 Å². The molecule has 1 fully saturated rings. The monoisotopic (exact) mass is 441 g/mol. The van der Waals surface area contributed by atoms with E-state index >= 15 is 0 Å². The summed E-state index contributed by atoms with van der Waals surface area (Å²) in [6.45, 7) is 1.98. The van der Waals surface area contributed by atoms with Gasteiger partial charge in [0.1, 0.15) is 4.90 Å². The highest BCUT2D eigenvalue weighted by molar-refractivity contribution is 7.89. The highest BCUT2D eigenvalue weighted by atomic mass is 32.2. The van der Waals surface area contributed by atoms with Crippen molar-refractivity contribution in [2.45, 2.75) is 30.8 Å². The number of benzene rings is 1. The molecule has 1 unspecified atom stereocenters. The van der Waals surface area contributed by atoms with Gasteiger partial charge in [0.15, 0.2) is 6.10 Å². The molecule has 0 spiro atoms. The quantitative estimate of drug-likeness (QED) is 0.465. The van der Waals surface area contributed by atoms with Gasteiger partial charge in [0.25, 0.3) is 0 Å². The highest BCUT2D eigenvalue weighted by Crippen LogP contribution is 2.25. The summed E-state index contributed by atoms with van der Waals surface area (Å²) in [4.78, 5) is 32.4. The number of aromatic nitrogens is 2. The van der Waals surface area contributed by atoms with Crippen LogP contribution in [0.3, 0.4) is 0 Å². The molecule has 1 atom stereocenters. The molecule has 1 saturated heterocycles. The number of rotatable bonds is 6. The molecule has 1 aliphatic rings. The van der Waals surface area contributed by atoms with Gasteiger partial charge in [-0.3, -0.25) is 14.6 Å². The number of fused-ring (bicyclic) bond motifs is 1. The number of ketones is 1. The number of nitrogens with one attached hydrogen (secondary N) is 1. The number of nitrogens with zero attached hydrogens (tertiary/aromatic N) is 2. The Morgan fingerprint density at radius 2 is 1.90 bits per heavy atom. The van der Waals surface area contributed by atoms with Crippen molar-refractivity contribution in [2.24, 2.45) is 5.92 Å². The van der Waals surface area contributed by atoms with Crippen LogP contribution in [-0.2, 0) is 19.6 Å².